The van der Waals surface area contributed by atoms with Gasteiger partial charge in [0.25, 0.3) is 5.91 Å². The Morgan fingerprint density at radius 3 is 3.28 bits per heavy atom. The van der Waals surface area contributed by atoms with Gasteiger partial charge in [0.2, 0.25) is 0 Å². The molecule has 0 saturated carbocycles. The minimum absolute atomic E-state index is 0.134. The molecule has 6 heteroatoms. The van der Waals surface area contributed by atoms with Gasteiger partial charge < -0.3 is 10.1 Å². The molecular weight excluding hydrogens is 232 g/mol. The summed E-state index contributed by atoms with van der Waals surface area (Å²) in [6.45, 7) is 2.97. The number of aromatic nitrogens is 2. The normalized spacial score (nSPS) is 18.6. The lowest BCUT2D eigenvalue weighted by Gasteiger charge is -2.11. The first-order valence-electron chi connectivity index (χ1n) is 6.04. The van der Waals surface area contributed by atoms with Crippen LogP contribution in [0, 0.1) is 18.3 Å². The predicted octanol–water partition coefficient (Wildman–Crippen LogP) is 1.22. The minimum atomic E-state index is -0.357. The fourth-order valence-corrected chi connectivity index (χ4v) is 1.96. The van der Waals surface area contributed by atoms with E-state index in [-0.39, 0.29) is 12.0 Å². The predicted molar refractivity (Wildman–Crippen MR) is 64.8 cm³/mol. The molecule has 1 aliphatic heterocycles. The van der Waals surface area contributed by atoms with Crippen LogP contribution in [0.15, 0.2) is 6.07 Å². The number of nitrogens with zero attached hydrogens (tertiary/aromatic N) is 3. The standard InChI is InChI=1S/C12H16N4O2/c1-9-8-11(16(15-9)6-3-5-13)14-12(17)10-4-2-7-18-10/h8,10H,2-4,6-7H2,1H3,(H,14,17). The first-order valence-corrected chi connectivity index (χ1v) is 6.04. The van der Waals surface area contributed by atoms with Gasteiger partial charge >= 0.3 is 0 Å². The molecule has 1 N–H and O–H groups in total. The molecule has 1 fully saturated rings. The van der Waals surface area contributed by atoms with Gasteiger partial charge in [0.15, 0.2) is 0 Å². The molecule has 0 aliphatic carbocycles. The highest BCUT2D eigenvalue weighted by atomic mass is 16.5. The Hall–Kier alpha value is -1.87. The van der Waals surface area contributed by atoms with Gasteiger partial charge in [-0.25, -0.2) is 4.68 Å². The van der Waals surface area contributed by atoms with Gasteiger partial charge in [0.1, 0.15) is 11.9 Å². The monoisotopic (exact) mass is 248 g/mol. The fourth-order valence-electron chi connectivity index (χ4n) is 1.96. The van der Waals surface area contributed by atoms with Gasteiger partial charge in [-0.05, 0) is 19.8 Å². The van der Waals surface area contributed by atoms with E-state index in [9.17, 15) is 4.79 Å². The molecule has 18 heavy (non-hydrogen) atoms. The van der Waals surface area contributed by atoms with E-state index in [1.165, 1.54) is 0 Å². The maximum absolute atomic E-state index is 11.9. The van der Waals surface area contributed by atoms with Gasteiger partial charge in [-0.3, -0.25) is 4.79 Å². The summed E-state index contributed by atoms with van der Waals surface area (Å²) in [7, 11) is 0. The zero-order valence-electron chi connectivity index (χ0n) is 10.3. The van der Waals surface area contributed by atoms with Crippen LogP contribution in [0.25, 0.3) is 0 Å². The van der Waals surface area contributed by atoms with Crippen LogP contribution < -0.4 is 5.32 Å². The molecule has 1 unspecified atom stereocenters. The minimum Gasteiger partial charge on any atom is -0.368 e. The van der Waals surface area contributed by atoms with Crippen molar-refractivity contribution < 1.29 is 9.53 Å². The second-order valence-corrected chi connectivity index (χ2v) is 4.29. The van der Waals surface area contributed by atoms with Crippen molar-refractivity contribution in [2.45, 2.75) is 38.8 Å². The van der Waals surface area contributed by atoms with Crippen LogP contribution in [0.1, 0.15) is 25.0 Å². The number of nitriles is 1. The zero-order chi connectivity index (χ0) is 13.0. The van der Waals surface area contributed by atoms with Crippen LogP contribution in [0.3, 0.4) is 0 Å². The third-order valence-electron chi connectivity index (χ3n) is 2.81. The largest absolute Gasteiger partial charge is 0.368 e. The van der Waals surface area contributed by atoms with Crippen molar-refractivity contribution in [2.75, 3.05) is 11.9 Å². The molecular formula is C12H16N4O2. The molecule has 2 rings (SSSR count). The van der Waals surface area contributed by atoms with Crippen molar-refractivity contribution in [1.29, 1.82) is 5.26 Å². The molecule has 0 aromatic carbocycles. The summed E-state index contributed by atoms with van der Waals surface area (Å²) >= 11 is 0. The number of nitrogens with one attached hydrogen (secondary N) is 1. The van der Waals surface area contributed by atoms with Crippen molar-refractivity contribution in [3.05, 3.63) is 11.8 Å². The van der Waals surface area contributed by atoms with Crippen molar-refractivity contribution in [3.63, 3.8) is 0 Å². The van der Waals surface area contributed by atoms with Gasteiger partial charge in [-0.1, -0.05) is 0 Å². The molecule has 1 aromatic heterocycles. The van der Waals surface area contributed by atoms with Crippen LogP contribution in [0.5, 0.6) is 0 Å². The van der Waals surface area contributed by atoms with Gasteiger partial charge in [0.05, 0.1) is 24.7 Å². The topological polar surface area (TPSA) is 79.9 Å². The van der Waals surface area contributed by atoms with E-state index in [0.717, 1.165) is 18.5 Å². The summed E-state index contributed by atoms with van der Waals surface area (Å²) in [6.07, 6.45) is 1.69. The smallest absolute Gasteiger partial charge is 0.254 e. The Labute approximate surface area is 106 Å². The van der Waals surface area contributed by atoms with E-state index >= 15 is 0 Å². The highest BCUT2D eigenvalue weighted by Crippen LogP contribution is 2.16. The number of hydrogen-bond acceptors (Lipinski definition) is 4. The lowest BCUT2D eigenvalue weighted by atomic mass is 10.2. The molecule has 2 heterocycles. The number of hydrogen-bond donors (Lipinski definition) is 1. The average Bonchev–Trinajstić information content (AvgIpc) is 2.96. The molecule has 1 aromatic rings. The van der Waals surface area contributed by atoms with Crippen molar-refractivity contribution >= 4 is 11.7 Å². The lowest BCUT2D eigenvalue weighted by molar-refractivity contribution is -0.124. The second kappa shape index (κ2) is 5.65. The van der Waals surface area contributed by atoms with Crippen LogP contribution in [-0.2, 0) is 16.1 Å². The Bertz CT molecular complexity index is 469. The number of carbonyl (C=O) groups is 1. The Kier molecular flexibility index (Phi) is 3.95. The Balaban J connectivity index is 2.03. The van der Waals surface area contributed by atoms with E-state index in [4.69, 9.17) is 10.00 Å². The third-order valence-corrected chi connectivity index (χ3v) is 2.81. The fraction of sp³-hybridized carbons (Fsp3) is 0.583. The summed E-state index contributed by atoms with van der Waals surface area (Å²) in [5.41, 5.74) is 0.815. The van der Waals surface area contributed by atoms with E-state index in [1.54, 1.807) is 10.7 Å². The van der Waals surface area contributed by atoms with Gasteiger partial charge in [0, 0.05) is 12.7 Å². The summed E-state index contributed by atoms with van der Waals surface area (Å²) in [4.78, 5) is 11.9. The number of rotatable bonds is 4. The van der Waals surface area contributed by atoms with E-state index in [1.807, 2.05) is 6.92 Å². The molecule has 1 aliphatic rings. The number of ether oxygens (including phenoxy) is 1. The number of aryl methyl sites for hydroxylation is 2. The molecule has 1 atom stereocenters. The van der Waals surface area contributed by atoms with Gasteiger partial charge in [-0.2, -0.15) is 10.4 Å². The summed E-state index contributed by atoms with van der Waals surface area (Å²) in [5, 5.41) is 15.6. The molecule has 0 radical (unpaired) electrons. The summed E-state index contributed by atoms with van der Waals surface area (Å²) in [6, 6.07) is 3.86. The maximum atomic E-state index is 11.9. The quantitative estimate of drug-likeness (QED) is 0.868. The lowest BCUT2D eigenvalue weighted by Crippen LogP contribution is -2.28. The van der Waals surface area contributed by atoms with E-state index in [0.29, 0.717) is 25.4 Å². The van der Waals surface area contributed by atoms with Crippen LogP contribution in [0.4, 0.5) is 5.82 Å². The maximum Gasteiger partial charge on any atom is 0.254 e. The molecule has 0 bridgehead atoms. The summed E-state index contributed by atoms with van der Waals surface area (Å²) < 4.78 is 6.96. The van der Waals surface area contributed by atoms with E-state index < -0.39 is 0 Å². The second-order valence-electron chi connectivity index (χ2n) is 4.29. The Morgan fingerprint density at radius 2 is 2.61 bits per heavy atom. The van der Waals surface area contributed by atoms with Crippen LogP contribution in [-0.4, -0.2) is 28.4 Å². The van der Waals surface area contributed by atoms with Gasteiger partial charge in [-0.15, -0.1) is 0 Å². The van der Waals surface area contributed by atoms with Crippen molar-refractivity contribution in [2.24, 2.45) is 0 Å². The molecule has 1 saturated heterocycles. The molecule has 96 valence electrons. The SMILES string of the molecule is Cc1cc(NC(=O)C2CCCO2)n(CCC#N)n1. The molecule has 6 nitrogen and oxygen atoms in total. The molecule has 0 spiro atoms. The first kappa shape index (κ1) is 12.6. The van der Waals surface area contributed by atoms with Crippen molar-refractivity contribution in [3.8, 4) is 6.07 Å². The number of carbonyl (C=O) groups excluding carboxylic acids is 1. The number of anilines is 1. The van der Waals surface area contributed by atoms with E-state index in [2.05, 4.69) is 16.5 Å². The van der Waals surface area contributed by atoms with Crippen molar-refractivity contribution in [1.82, 2.24) is 9.78 Å². The third kappa shape index (κ3) is 2.87. The highest BCUT2D eigenvalue weighted by Gasteiger charge is 2.24. The van der Waals surface area contributed by atoms with Crippen LogP contribution >= 0.6 is 0 Å². The first-order chi connectivity index (χ1) is 8.70. The average molecular weight is 248 g/mol. The zero-order valence-corrected chi connectivity index (χ0v) is 10.3. The highest BCUT2D eigenvalue weighted by molar-refractivity contribution is 5.93. The Morgan fingerprint density at radius 1 is 1.78 bits per heavy atom. The van der Waals surface area contributed by atoms with Crippen LogP contribution in [0.2, 0.25) is 0 Å². The number of amides is 1. The molecule has 1 amide bonds. The summed E-state index contributed by atoms with van der Waals surface area (Å²) in [5.74, 6) is 0.494.